The molecule has 3 heterocycles. The summed E-state index contributed by atoms with van der Waals surface area (Å²) in [5, 5.41) is 2.84. The van der Waals surface area contributed by atoms with Gasteiger partial charge in [0.2, 0.25) is 0 Å². The first-order valence-corrected chi connectivity index (χ1v) is 7.21. The molecule has 3 rings (SSSR count). The highest BCUT2D eigenvalue weighted by molar-refractivity contribution is 5.93. The third-order valence-electron chi connectivity index (χ3n) is 3.49. The smallest absolute Gasteiger partial charge is 0.273 e. The standard InChI is InChI=1S/C16H18N4O2/c1-10(2)14-13(18-9-22-14)16(21)17-7-12-8-20-6-4-5-11(3)15(20)19-12/h4-6,8-10H,7H2,1-3H3,(H,17,21). The molecule has 6 nitrogen and oxygen atoms in total. The Morgan fingerprint density at radius 2 is 2.27 bits per heavy atom. The molecule has 0 atom stereocenters. The van der Waals surface area contributed by atoms with E-state index in [2.05, 4.69) is 15.3 Å². The molecule has 0 aliphatic carbocycles. The fourth-order valence-corrected chi connectivity index (χ4v) is 2.38. The van der Waals surface area contributed by atoms with Gasteiger partial charge in [0.25, 0.3) is 5.91 Å². The molecule has 0 aromatic carbocycles. The van der Waals surface area contributed by atoms with Crippen molar-refractivity contribution in [1.29, 1.82) is 0 Å². The Labute approximate surface area is 128 Å². The summed E-state index contributed by atoms with van der Waals surface area (Å²) < 4.78 is 7.22. The van der Waals surface area contributed by atoms with Crippen LogP contribution in [0.4, 0.5) is 0 Å². The van der Waals surface area contributed by atoms with E-state index in [1.54, 1.807) is 0 Å². The SMILES string of the molecule is Cc1cccn2cc(CNC(=O)c3ncoc3C(C)C)nc12. The number of imidazole rings is 1. The molecule has 0 aliphatic heterocycles. The number of pyridine rings is 1. The summed E-state index contributed by atoms with van der Waals surface area (Å²) in [5.74, 6) is 0.468. The van der Waals surface area contributed by atoms with Crippen molar-refractivity contribution in [2.45, 2.75) is 33.2 Å². The van der Waals surface area contributed by atoms with Crippen LogP contribution in [-0.2, 0) is 6.54 Å². The van der Waals surface area contributed by atoms with Gasteiger partial charge in [0, 0.05) is 18.3 Å². The summed E-state index contributed by atoms with van der Waals surface area (Å²) in [4.78, 5) is 20.7. The lowest BCUT2D eigenvalue weighted by molar-refractivity contribution is 0.0943. The van der Waals surface area contributed by atoms with Gasteiger partial charge in [0.05, 0.1) is 12.2 Å². The number of rotatable bonds is 4. The molecule has 22 heavy (non-hydrogen) atoms. The number of nitrogens with zero attached hydrogens (tertiary/aromatic N) is 3. The van der Waals surface area contributed by atoms with Gasteiger partial charge in [-0.15, -0.1) is 0 Å². The zero-order valence-electron chi connectivity index (χ0n) is 12.8. The molecule has 1 N–H and O–H groups in total. The van der Waals surface area contributed by atoms with Crippen molar-refractivity contribution < 1.29 is 9.21 Å². The molecular formula is C16H18N4O2. The van der Waals surface area contributed by atoms with Crippen LogP contribution in [0.2, 0.25) is 0 Å². The van der Waals surface area contributed by atoms with Crippen LogP contribution in [-0.4, -0.2) is 20.3 Å². The van der Waals surface area contributed by atoms with Gasteiger partial charge < -0.3 is 14.1 Å². The summed E-state index contributed by atoms with van der Waals surface area (Å²) in [6, 6.07) is 3.98. The highest BCUT2D eigenvalue weighted by atomic mass is 16.3. The van der Waals surface area contributed by atoms with Crippen molar-refractivity contribution in [1.82, 2.24) is 19.7 Å². The molecule has 0 unspecified atom stereocenters. The maximum absolute atomic E-state index is 12.2. The van der Waals surface area contributed by atoms with Crippen molar-refractivity contribution in [2.75, 3.05) is 0 Å². The summed E-state index contributed by atoms with van der Waals surface area (Å²) in [6.45, 7) is 6.28. The summed E-state index contributed by atoms with van der Waals surface area (Å²) >= 11 is 0. The van der Waals surface area contributed by atoms with Crippen molar-refractivity contribution in [3.8, 4) is 0 Å². The van der Waals surface area contributed by atoms with E-state index in [4.69, 9.17) is 4.42 Å². The first-order chi connectivity index (χ1) is 10.6. The average molecular weight is 298 g/mol. The number of fused-ring (bicyclic) bond motifs is 1. The maximum atomic E-state index is 12.2. The van der Waals surface area contributed by atoms with E-state index in [0.29, 0.717) is 18.0 Å². The second-order valence-corrected chi connectivity index (χ2v) is 5.56. The van der Waals surface area contributed by atoms with Gasteiger partial charge in [0.1, 0.15) is 11.4 Å². The molecule has 3 aromatic rings. The van der Waals surface area contributed by atoms with Crippen LogP contribution >= 0.6 is 0 Å². The molecule has 3 aromatic heterocycles. The highest BCUT2D eigenvalue weighted by Crippen LogP contribution is 2.18. The lowest BCUT2D eigenvalue weighted by Crippen LogP contribution is -2.24. The molecule has 114 valence electrons. The van der Waals surface area contributed by atoms with Gasteiger partial charge >= 0.3 is 0 Å². The lowest BCUT2D eigenvalue weighted by Gasteiger charge is -2.04. The Hall–Kier alpha value is -2.63. The molecule has 0 radical (unpaired) electrons. The number of aryl methyl sites for hydroxylation is 1. The predicted molar refractivity (Wildman–Crippen MR) is 81.7 cm³/mol. The molecule has 1 amide bonds. The fraction of sp³-hybridized carbons (Fsp3) is 0.312. The van der Waals surface area contributed by atoms with Gasteiger partial charge in [-0.2, -0.15) is 0 Å². The highest BCUT2D eigenvalue weighted by Gasteiger charge is 2.19. The summed E-state index contributed by atoms with van der Waals surface area (Å²) in [7, 11) is 0. The number of carbonyl (C=O) groups is 1. The van der Waals surface area contributed by atoms with E-state index >= 15 is 0 Å². The first-order valence-electron chi connectivity index (χ1n) is 7.21. The zero-order chi connectivity index (χ0) is 15.7. The number of oxazole rings is 1. The lowest BCUT2D eigenvalue weighted by atomic mass is 10.1. The molecule has 0 saturated heterocycles. The molecule has 0 fully saturated rings. The third kappa shape index (κ3) is 2.59. The minimum atomic E-state index is -0.244. The first kappa shape index (κ1) is 14.3. The summed E-state index contributed by atoms with van der Waals surface area (Å²) in [6.07, 6.45) is 5.16. The van der Waals surface area contributed by atoms with Gasteiger partial charge in [-0.3, -0.25) is 4.79 Å². The summed E-state index contributed by atoms with van der Waals surface area (Å²) in [5.41, 5.74) is 3.14. The van der Waals surface area contributed by atoms with Gasteiger partial charge in [-0.25, -0.2) is 9.97 Å². The van der Waals surface area contributed by atoms with Crippen LogP contribution in [0.5, 0.6) is 0 Å². The minimum Gasteiger partial charge on any atom is -0.447 e. The van der Waals surface area contributed by atoms with Crippen LogP contribution in [0.1, 0.15) is 47.3 Å². The molecule has 0 aliphatic rings. The number of hydrogen-bond donors (Lipinski definition) is 1. The third-order valence-corrected chi connectivity index (χ3v) is 3.49. The van der Waals surface area contributed by atoms with Crippen LogP contribution in [0, 0.1) is 6.92 Å². The quantitative estimate of drug-likeness (QED) is 0.803. The van der Waals surface area contributed by atoms with Gasteiger partial charge in [0.15, 0.2) is 12.1 Å². The monoisotopic (exact) mass is 298 g/mol. The average Bonchev–Trinajstić information content (AvgIpc) is 3.12. The Kier molecular flexibility index (Phi) is 3.66. The van der Waals surface area contributed by atoms with Crippen molar-refractivity contribution in [3.05, 3.63) is 53.6 Å². The van der Waals surface area contributed by atoms with E-state index in [1.807, 2.05) is 49.7 Å². The van der Waals surface area contributed by atoms with Crippen LogP contribution in [0.25, 0.3) is 5.65 Å². The predicted octanol–water partition coefficient (Wildman–Crippen LogP) is 2.68. The normalized spacial score (nSPS) is 11.3. The maximum Gasteiger partial charge on any atom is 0.273 e. The largest absolute Gasteiger partial charge is 0.447 e. The number of nitrogens with one attached hydrogen (secondary N) is 1. The Morgan fingerprint density at radius 3 is 3.00 bits per heavy atom. The molecule has 6 heteroatoms. The van der Waals surface area contributed by atoms with Crippen molar-refractivity contribution in [2.24, 2.45) is 0 Å². The van der Waals surface area contributed by atoms with Gasteiger partial charge in [-0.1, -0.05) is 19.9 Å². The van der Waals surface area contributed by atoms with Crippen LogP contribution in [0.3, 0.4) is 0 Å². The van der Waals surface area contributed by atoms with E-state index in [0.717, 1.165) is 16.9 Å². The molecule has 0 saturated carbocycles. The van der Waals surface area contributed by atoms with E-state index < -0.39 is 0 Å². The second-order valence-electron chi connectivity index (χ2n) is 5.56. The number of hydrogen-bond acceptors (Lipinski definition) is 4. The molecule has 0 bridgehead atoms. The Morgan fingerprint density at radius 1 is 1.45 bits per heavy atom. The van der Waals surface area contributed by atoms with E-state index in [-0.39, 0.29) is 11.8 Å². The van der Waals surface area contributed by atoms with Crippen molar-refractivity contribution >= 4 is 11.6 Å². The minimum absolute atomic E-state index is 0.112. The second kappa shape index (κ2) is 5.63. The molecular weight excluding hydrogens is 280 g/mol. The Bertz CT molecular complexity index is 817. The van der Waals surface area contributed by atoms with Gasteiger partial charge in [-0.05, 0) is 18.6 Å². The topological polar surface area (TPSA) is 72.4 Å². The van der Waals surface area contributed by atoms with Crippen molar-refractivity contribution in [3.63, 3.8) is 0 Å². The number of carbonyl (C=O) groups excluding carboxylic acids is 1. The van der Waals surface area contributed by atoms with E-state index in [1.165, 1.54) is 6.39 Å². The number of amides is 1. The van der Waals surface area contributed by atoms with E-state index in [9.17, 15) is 4.79 Å². The van der Waals surface area contributed by atoms with Crippen LogP contribution < -0.4 is 5.32 Å². The molecule has 0 spiro atoms. The van der Waals surface area contributed by atoms with Crippen LogP contribution in [0.15, 0.2) is 35.3 Å². The fourth-order valence-electron chi connectivity index (χ4n) is 2.38. The number of aromatic nitrogens is 3. The Balaban J connectivity index is 1.75. The zero-order valence-corrected chi connectivity index (χ0v) is 12.8.